The topological polar surface area (TPSA) is 33.5 Å². The molecule has 20 heavy (non-hydrogen) atoms. The maximum absolute atomic E-state index is 12.8. The first-order chi connectivity index (χ1) is 9.41. The third kappa shape index (κ3) is 2.38. The molecular weight excluding hydrogens is 250 g/mol. The van der Waals surface area contributed by atoms with Gasteiger partial charge >= 0.3 is 0 Å². The highest BCUT2D eigenvalue weighted by atomic mass is 16.3. The van der Waals surface area contributed by atoms with Crippen molar-refractivity contribution in [2.45, 2.75) is 40.2 Å². The molecule has 0 saturated carbocycles. The normalized spacial score (nSPS) is 12.3. The van der Waals surface area contributed by atoms with Crippen molar-refractivity contribution >= 4 is 16.8 Å². The molecule has 2 aromatic rings. The zero-order chi connectivity index (χ0) is 14.9. The van der Waals surface area contributed by atoms with E-state index in [0.717, 1.165) is 29.6 Å². The van der Waals surface area contributed by atoms with Crippen molar-refractivity contribution in [2.24, 2.45) is 0 Å². The molecule has 0 aliphatic carbocycles. The van der Waals surface area contributed by atoms with Crippen molar-refractivity contribution in [1.82, 2.24) is 4.90 Å². The van der Waals surface area contributed by atoms with Crippen LogP contribution >= 0.6 is 0 Å². The fourth-order valence-corrected chi connectivity index (χ4v) is 2.78. The average molecular weight is 273 g/mol. The van der Waals surface area contributed by atoms with Crippen LogP contribution in [0.1, 0.15) is 43.8 Å². The lowest BCUT2D eigenvalue weighted by atomic mass is 9.94. The molecular formula is C17H23NO2. The van der Waals surface area contributed by atoms with Crippen molar-refractivity contribution < 1.29 is 9.21 Å². The molecule has 108 valence electrons. The van der Waals surface area contributed by atoms with Crippen LogP contribution in [0, 0.1) is 6.92 Å². The Morgan fingerprint density at radius 1 is 1.25 bits per heavy atom. The fourth-order valence-electron chi connectivity index (χ4n) is 2.78. The van der Waals surface area contributed by atoms with E-state index in [9.17, 15) is 4.79 Å². The molecule has 0 spiro atoms. The van der Waals surface area contributed by atoms with Gasteiger partial charge in [0, 0.05) is 5.39 Å². The number of Topliss-reactive ketones (excluding diaryl/α,β-unsaturated/α-hetero) is 1. The van der Waals surface area contributed by atoms with E-state index in [0.29, 0.717) is 5.76 Å². The molecule has 0 atom stereocenters. The molecule has 0 N–H and O–H groups in total. The van der Waals surface area contributed by atoms with Crippen LogP contribution in [0.5, 0.6) is 0 Å². The lowest BCUT2D eigenvalue weighted by molar-refractivity contribution is 0.0641. The molecule has 1 aromatic heterocycles. The first-order valence-corrected chi connectivity index (χ1v) is 7.20. The zero-order valence-corrected chi connectivity index (χ0v) is 13.0. The second-order valence-corrected chi connectivity index (χ2v) is 5.66. The number of furan rings is 1. The highest BCUT2D eigenvalue weighted by Crippen LogP contribution is 2.27. The van der Waals surface area contributed by atoms with Crippen LogP contribution in [0.2, 0.25) is 0 Å². The molecule has 1 heterocycles. The molecule has 3 nitrogen and oxygen atoms in total. The number of rotatable bonds is 5. The molecule has 1 aromatic carbocycles. The summed E-state index contributed by atoms with van der Waals surface area (Å²) < 4.78 is 5.81. The molecule has 0 aliphatic heterocycles. The molecule has 0 bridgehead atoms. The number of hydrogen-bond donors (Lipinski definition) is 0. The van der Waals surface area contributed by atoms with E-state index in [1.807, 2.05) is 45.0 Å². The first kappa shape index (κ1) is 14.8. The lowest BCUT2D eigenvalue weighted by Crippen LogP contribution is -2.49. The van der Waals surface area contributed by atoms with Crippen LogP contribution in [0.25, 0.3) is 11.0 Å². The number of carbonyl (C=O) groups is 1. The standard InChI is InChI=1S/C17H23NO2/c1-6-18(7-2)17(4,5)16(19)14-11-13-10-8-9-12(3)15(13)20-14/h8-11H,6-7H2,1-5H3. The average Bonchev–Trinajstić information content (AvgIpc) is 2.84. The van der Waals surface area contributed by atoms with E-state index in [-0.39, 0.29) is 5.78 Å². The third-order valence-corrected chi connectivity index (χ3v) is 4.07. The summed E-state index contributed by atoms with van der Waals surface area (Å²) in [5, 5.41) is 0.990. The molecule has 0 radical (unpaired) electrons. The number of likely N-dealkylation sites (N-methyl/N-ethyl adjacent to an activating group) is 1. The van der Waals surface area contributed by atoms with Gasteiger partial charge in [-0.3, -0.25) is 9.69 Å². The van der Waals surface area contributed by atoms with Gasteiger partial charge in [0.2, 0.25) is 5.78 Å². The lowest BCUT2D eigenvalue weighted by Gasteiger charge is -2.34. The monoisotopic (exact) mass is 273 g/mol. The van der Waals surface area contributed by atoms with Gasteiger partial charge in [-0.05, 0) is 45.5 Å². The number of nitrogens with zero attached hydrogens (tertiary/aromatic N) is 1. The Bertz CT molecular complexity index is 621. The van der Waals surface area contributed by atoms with E-state index in [2.05, 4.69) is 18.7 Å². The van der Waals surface area contributed by atoms with E-state index in [1.165, 1.54) is 0 Å². The minimum atomic E-state index is -0.550. The smallest absolute Gasteiger partial charge is 0.217 e. The van der Waals surface area contributed by atoms with Gasteiger partial charge in [-0.1, -0.05) is 32.0 Å². The number of benzene rings is 1. The van der Waals surface area contributed by atoms with Crippen molar-refractivity contribution in [2.75, 3.05) is 13.1 Å². The predicted octanol–water partition coefficient (Wildman–Crippen LogP) is 4.04. The van der Waals surface area contributed by atoms with Gasteiger partial charge in [0.15, 0.2) is 5.76 Å². The zero-order valence-electron chi connectivity index (χ0n) is 13.0. The van der Waals surface area contributed by atoms with Crippen molar-refractivity contribution in [3.8, 4) is 0 Å². The van der Waals surface area contributed by atoms with Gasteiger partial charge in [-0.2, -0.15) is 0 Å². The molecule has 0 saturated heterocycles. The van der Waals surface area contributed by atoms with Gasteiger partial charge in [-0.25, -0.2) is 0 Å². The maximum Gasteiger partial charge on any atom is 0.217 e. The largest absolute Gasteiger partial charge is 0.453 e. The van der Waals surface area contributed by atoms with E-state index in [4.69, 9.17) is 4.42 Å². The molecule has 0 unspecified atom stereocenters. The quantitative estimate of drug-likeness (QED) is 0.771. The van der Waals surface area contributed by atoms with Crippen LogP contribution in [0.4, 0.5) is 0 Å². The van der Waals surface area contributed by atoms with Gasteiger partial charge < -0.3 is 4.42 Å². The molecule has 0 fully saturated rings. The third-order valence-electron chi connectivity index (χ3n) is 4.07. The van der Waals surface area contributed by atoms with Gasteiger partial charge in [0.1, 0.15) is 5.58 Å². The number of para-hydroxylation sites is 1. The Morgan fingerprint density at radius 3 is 2.45 bits per heavy atom. The summed E-state index contributed by atoms with van der Waals surface area (Å²) in [6.45, 7) is 11.7. The summed E-state index contributed by atoms with van der Waals surface area (Å²) in [7, 11) is 0. The highest BCUT2D eigenvalue weighted by molar-refractivity contribution is 6.03. The van der Waals surface area contributed by atoms with Crippen LogP contribution in [0.3, 0.4) is 0 Å². The summed E-state index contributed by atoms with van der Waals surface area (Å²) in [6, 6.07) is 7.82. The number of fused-ring (bicyclic) bond motifs is 1. The fraction of sp³-hybridized carbons (Fsp3) is 0.471. The van der Waals surface area contributed by atoms with E-state index < -0.39 is 5.54 Å². The summed E-state index contributed by atoms with van der Waals surface area (Å²) >= 11 is 0. The van der Waals surface area contributed by atoms with Gasteiger partial charge in [0.05, 0.1) is 5.54 Å². The summed E-state index contributed by atoms with van der Waals surface area (Å²) in [6.07, 6.45) is 0. The number of carbonyl (C=O) groups excluding carboxylic acids is 1. The number of aryl methyl sites for hydroxylation is 1. The minimum absolute atomic E-state index is 0.0387. The number of ketones is 1. The minimum Gasteiger partial charge on any atom is -0.453 e. The van der Waals surface area contributed by atoms with Crippen LogP contribution < -0.4 is 0 Å². The molecule has 2 rings (SSSR count). The SMILES string of the molecule is CCN(CC)C(C)(C)C(=O)c1cc2cccc(C)c2o1. The van der Waals surface area contributed by atoms with Crippen molar-refractivity contribution in [3.63, 3.8) is 0 Å². The summed E-state index contributed by atoms with van der Waals surface area (Å²) in [4.78, 5) is 14.9. The van der Waals surface area contributed by atoms with Crippen LogP contribution in [-0.4, -0.2) is 29.3 Å². The Labute approximate surface area is 120 Å². The van der Waals surface area contributed by atoms with Gasteiger partial charge in [0.25, 0.3) is 0 Å². The second kappa shape index (κ2) is 5.41. The van der Waals surface area contributed by atoms with E-state index in [1.54, 1.807) is 0 Å². The Balaban J connectivity index is 2.43. The maximum atomic E-state index is 12.8. The summed E-state index contributed by atoms with van der Waals surface area (Å²) in [5.41, 5.74) is 1.32. The Hall–Kier alpha value is -1.61. The van der Waals surface area contributed by atoms with Crippen molar-refractivity contribution in [3.05, 3.63) is 35.6 Å². The summed E-state index contributed by atoms with van der Waals surface area (Å²) in [5.74, 6) is 0.489. The first-order valence-electron chi connectivity index (χ1n) is 7.20. The van der Waals surface area contributed by atoms with Gasteiger partial charge in [-0.15, -0.1) is 0 Å². The van der Waals surface area contributed by atoms with Crippen LogP contribution in [-0.2, 0) is 0 Å². The van der Waals surface area contributed by atoms with Crippen LogP contribution in [0.15, 0.2) is 28.7 Å². The molecule has 0 amide bonds. The Kier molecular flexibility index (Phi) is 4.00. The highest BCUT2D eigenvalue weighted by Gasteiger charge is 2.35. The van der Waals surface area contributed by atoms with Crippen molar-refractivity contribution in [1.29, 1.82) is 0 Å². The molecule has 0 aliphatic rings. The number of hydrogen-bond acceptors (Lipinski definition) is 3. The van der Waals surface area contributed by atoms with E-state index >= 15 is 0 Å². The second-order valence-electron chi connectivity index (χ2n) is 5.66. The molecule has 3 heteroatoms. The Morgan fingerprint density at radius 2 is 1.90 bits per heavy atom. The predicted molar refractivity (Wildman–Crippen MR) is 82.3 cm³/mol.